The molecule has 0 heterocycles. The van der Waals surface area contributed by atoms with Crippen LogP contribution in [0.3, 0.4) is 0 Å². The van der Waals surface area contributed by atoms with Gasteiger partial charge in [-0.3, -0.25) is 0 Å². The van der Waals surface area contributed by atoms with Gasteiger partial charge in [-0.25, -0.2) is 0 Å². The van der Waals surface area contributed by atoms with Crippen LogP contribution >= 0.6 is 15.9 Å². The molecule has 0 aliphatic rings. The quantitative estimate of drug-likeness (QED) is 0.775. The van der Waals surface area contributed by atoms with Crippen LogP contribution in [0.25, 0.3) is 0 Å². The Morgan fingerprint density at radius 2 is 2.12 bits per heavy atom. The highest BCUT2D eigenvalue weighted by Gasteiger charge is 2.07. The molecule has 0 spiro atoms. The van der Waals surface area contributed by atoms with E-state index in [1.165, 1.54) is 18.4 Å². The van der Waals surface area contributed by atoms with E-state index in [0.29, 0.717) is 0 Å². The zero-order chi connectivity index (χ0) is 12.7. The van der Waals surface area contributed by atoms with Gasteiger partial charge in [0.1, 0.15) is 5.75 Å². The van der Waals surface area contributed by atoms with Gasteiger partial charge in [0.05, 0.1) is 6.61 Å². The van der Waals surface area contributed by atoms with Crippen molar-refractivity contribution in [3.63, 3.8) is 0 Å². The molecule has 0 fully saturated rings. The van der Waals surface area contributed by atoms with E-state index in [-0.39, 0.29) is 6.04 Å². The number of rotatable bonds is 7. The van der Waals surface area contributed by atoms with Gasteiger partial charge < -0.3 is 10.5 Å². The standard InChI is InChI=1S/C14H22BrNO/c1-3-4-5-8-17-14-7-6-13(15)10-12(14)9-11(2)16/h6-7,10-11H,3-5,8-9,16H2,1-2H3. The first kappa shape index (κ1) is 14.5. The van der Waals surface area contributed by atoms with Crippen molar-refractivity contribution in [3.8, 4) is 5.75 Å². The Hall–Kier alpha value is -0.540. The fourth-order valence-electron chi connectivity index (χ4n) is 1.73. The second kappa shape index (κ2) is 7.72. The number of nitrogens with two attached hydrogens (primary N) is 1. The lowest BCUT2D eigenvalue weighted by molar-refractivity contribution is 0.302. The van der Waals surface area contributed by atoms with Crippen LogP contribution in [-0.2, 0) is 6.42 Å². The average molecular weight is 300 g/mol. The van der Waals surface area contributed by atoms with Crippen LogP contribution in [0.2, 0.25) is 0 Å². The van der Waals surface area contributed by atoms with E-state index in [4.69, 9.17) is 10.5 Å². The van der Waals surface area contributed by atoms with Gasteiger partial charge in [0.2, 0.25) is 0 Å². The maximum Gasteiger partial charge on any atom is 0.122 e. The van der Waals surface area contributed by atoms with E-state index in [1.807, 2.05) is 19.1 Å². The van der Waals surface area contributed by atoms with E-state index in [0.717, 1.165) is 29.7 Å². The van der Waals surface area contributed by atoms with E-state index < -0.39 is 0 Å². The summed E-state index contributed by atoms with van der Waals surface area (Å²) in [6.07, 6.45) is 4.41. The SMILES string of the molecule is CCCCCOc1ccc(Br)cc1CC(C)N. The Morgan fingerprint density at radius 3 is 2.76 bits per heavy atom. The zero-order valence-corrected chi connectivity index (χ0v) is 12.3. The number of benzene rings is 1. The van der Waals surface area contributed by atoms with Crippen molar-refractivity contribution < 1.29 is 4.74 Å². The first-order chi connectivity index (χ1) is 8.13. The highest BCUT2D eigenvalue weighted by Crippen LogP contribution is 2.24. The molecule has 1 rings (SSSR count). The topological polar surface area (TPSA) is 35.2 Å². The highest BCUT2D eigenvalue weighted by molar-refractivity contribution is 9.10. The van der Waals surface area contributed by atoms with Crippen molar-refractivity contribution in [2.24, 2.45) is 5.73 Å². The van der Waals surface area contributed by atoms with Crippen LogP contribution in [0.4, 0.5) is 0 Å². The van der Waals surface area contributed by atoms with Gasteiger partial charge in [0.15, 0.2) is 0 Å². The Kier molecular flexibility index (Phi) is 6.60. The number of halogens is 1. The first-order valence-electron chi connectivity index (χ1n) is 6.30. The summed E-state index contributed by atoms with van der Waals surface area (Å²) in [7, 11) is 0. The minimum Gasteiger partial charge on any atom is -0.493 e. The van der Waals surface area contributed by atoms with E-state index in [2.05, 4.69) is 28.9 Å². The summed E-state index contributed by atoms with van der Waals surface area (Å²) in [5.74, 6) is 0.974. The Morgan fingerprint density at radius 1 is 1.35 bits per heavy atom. The molecule has 1 aromatic rings. The molecule has 0 aromatic heterocycles. The molecule has 0 saturated heterocycles. The van der Waals surface area contributed by atoms with Gasteiger partial charge in [-0.05, 0) is 43.5 Å². The summed E-state index contributed by atoms with van der Waals surface area (Å²) in [6, 6.07) is 6.29. The Balaban J connectivity index is 2.62. The molecule has 0 aliphatic carbocycles. The van der Waals surface area contributed by atoms with Gasteiger partial charge in [-0.1, -0.05) is 35.7 Å². The van der Waals surface area contributed by atoms with Gasteiger partial charge in [-0.15, -0.1) is 0 Å². The molecule has 3 heteroatoms. The van der Waals surface area contributed by atoms with Crippen molar-refractivity contribution >= 4 is 15.9 Å². The average Bonchev–Trinajstić information content (AvgIpc) is 2.26. The summed E-state index contributed by atoms with van der Waals surface area (Å²) < 4.78 is 6.90. The van der Waals surface area contributed by atoms with Crippen molar-refractivity contribution in [1.29, 1.82) is 0 Å². The van der Waals surface area contributed by atoms with Crippen LogP contribution < -0.4 is 10.5 Å². The molecule has 1 atom stereocenters. The summed E-state index contributed by atoms with van der Waals surface area (Å²) in [5.41, 5.74) is 7.03. The smallest absolute Gasteiger partial charge is 0.122 e. The predicted octanol–water partition coefficient (Wildman–Crippen LogP) is 3.91. The molecule has 1 aromatic carbocycles. The minimum absolute atomic E-state index is 0.155. The monoisotopic (exact) mass is 299 g/mol. The van der Waals surface area contributed by atoms with Gasteiger partial charge in [-0.2, -0.15) is 0 Å². The molecular formula is C14H22BrNO. The Bertz CT molecular complexity index is 339. The van der Waals surface area contributed by atoms with Crippen molar-refractivity contribution in [3.05, 3.63) is 28.2 Å². The second-order valence-corrected chi connectivity index (χ2v) is 5.40. The molecule has 0 saturated carbocycles. The van der Waals surface area contributed by atoms with E-state index in [9.17, 15) is 0 Å². The van der Waals surface area contributed by atoms with Crippen LogP contribution in [0.5, 0.6) is 5.75 Å². The normalized spacial score (nSPS) is 12.5. The molecule has 0 bridgehead atoms. The maximum atomic E-state index is 5.85. The highest BCUT2D eigenvalue weighted by atomic mass is 79.9. The molecule has 96 valence electrons. The summed E-state index contributed by atoms with van der Waals surface area (Å²) in [5, 5.41) is 0. The fourth-order valence-corrected chi connectivity index (χ4v) is 2.14. The summed E-state index contributed by atoms with van der Waals surface area (Å²) >= 11 is 3.48. The predicted molar refractivity (Wildman–Crippen MR) is 76.5 cm³/mol. The van der Waals surface area contributed by atoms with Crippen LogP contribution in [0.1, 0.15) is 38.7 Å². The fraction of sp³-hybridized carbons (Fsp3) is 0.571. The third-order valence-corrected chi connectivity index (χ3v) is 3.06. The number of hydrogen-bond donors (Lipinski definition) is 1. The minimum atomic E-state index is 0.155. The summed E-state index contributed by atoms with van der Waals surface area (Å²) in [4.78, 5) is 0. The molecule has 0 radical (unpaired) electrons. The molecule has 0 aliphatic heterocycles. The largest absolute Gasteiger partial charge is 0.493 e. The zero-order valence-electron chi connectivity index (χ0n) is 10.7. The lowest BCUT2D eigenvalue weighted by Crippen LogP contribution is -2.18. The molecule has 2 N–H and O–H groups in total. The van der Waals surface area contributed by atoms with Crippen molar-refractivity contribution in [1.82, 2.24) is 0 Å². The molecule has 17 heavy (non-hydrogen) atoms. The second-order valence-electron chi connectivity index (χ2n) is 4.49. The van der Waals surface area contributed by atoms with Gasteiger partial charge in [0, 0.05) is 10.5 Å². The van der Waals surface area contributed by atoms with Crippen molar-refractivity contribution in [2.75, 3.05) is 6.61 Å². The molecule has 2 nitrogen and oxygen atoms in total. The number of hydrogen-bond acceptors (Lipinski definition) is 2. The number of ether oxygens (including phenoxy) is 1. The third-order valence-electron chi connectivity index (χ3n) is 2.57. The first-order valence-corrected chi connectivity index (χ1v) is 7.09. The summed E-state index contributed by atoms with van der Waals surface area (Å²) in [6.45, 7) is 5.00. The number of unbranched alkanes of at least 4 members (excludes halogenated alkanes) is 2. The van der Waals surface area contributed by atoms with Crippen LogP contribution in [-0.4, -0.2) is 12.6 Å². The third kappa shape index (κ3) is 5.55. The Labute approximate surface area is 113 Å². The molecular weight excluding hydrogens is 278 g/mol. The maximum absolute atomic E-state index is 5.85. The molecule has 1 unspecified atom stereocenters. The van der Waals surface area contributed by atoms with Crippen LogP contribution in [0, 0.1) is 0 Å². The van der Waals surface area contributed by atoms with Crippen molar-refractivity contribution in [2.45, 2.75) is 45.6 Å². The van der Waals surface area contributed by atoms with Gasteiger partial charge in [0.25, 0.3) is 0 Å². The van der Waals surface area contributed by atoms with E-state index >= 15 is 0 Å². The lowest BCUT2D eigenvalue weighted by Gasteiger charge is -2.13. The van der Waals surface area contributed by atoms with Crippen LogP contribution in [0.15, 0.2) is 22.7 Å². The lowest BCUT2D eigenvalue weighted by atomic mass is 10.1. The molecule has 0 amide bonds. The van der Waals surface area contributed by atoms with Gasteiger partial charge >= 0.3 is 0 Å². The van der Waals surface area contributed by atoms with E-state index in [1.54, 1.807) is 0 Å².